The van der Waals surface area contributed by atoms with Gasteiger partial charge in [-0.1, -0.05) is 6.07 Å². The maximum absolute atomic E-state index is 13.6. The standard InChI is InChI=1S/C16H14F2O5S.Na/c17-13-3-1-4-14(18)15(13)16(19)11-5-7-12(8-6-11)23-9-2-10-24(20,21)22;/h1,3-8H,2,9-10H2,(H,20,21,22);/q;+1/p-1. The Kier molecular flexibility index (Phi) is 8.17. The SMILES string of the molecule is O=C(c1ccc(OCCCS(=O)(=O)[O-])cc1)c1c(F)cccc1F.[Na+]. The largest absolute Gasteiger partial charge is 1.00 e. The maximum atomic E-state index is 13.6. The molecule has 0 heterocycles. The molecule has 0 bridgehead atoms. The molecular formula is C16H13F2NaO5S. The van der Waals surface area contributed by atoms with Crippen LogP contribution in [-0.4, -0.2) is 31.1 Å². The minimum atomic E-state index is -4.28. The molecule has 0 radical (unpaired) electrons. The number of ketones is 1. The number of rotatable bonds is 7. The van der Waals surface area contributed by atoms with Crippen molar-refractivity contribution in [2.45, 2.75) is 6.42 Å². The minimum absolute atomic E-state index is 0. The van der Waals surface area contributed by atoms with E-state index in [9.17, 15) is 26.5 Å². The Bertz CT molecular complexity index is 818. The van der Waals surface area contributed by atoms with Crippen LogP contribution in [0.1, 0.15) is 22.3 Å². The van der Waals surface area contributed by atoms with Crippen LogP contribution in [0.2, 0.25) is 0 Å². The molecule has 0 aliphatic heterocycles. The van der Waals surface area contributed by atoms with Crippen molar-refractivity contribution in [3.05, 3.63) is 65.2 Å². The van der Waals surface area contributed by atoms with Crippen LogP contribution in [-0.2, 0) is 10.1 Å². The molecule has 0 atom stereocenters. The van der Waals surface area contributed by atoms with Crippen LogP contribution in [0.4, 0.5) is 8.78 Å². The fourth-order valence-electron chi connectivity index (χ4n) is 1.99. The molecule has 0 N–H and O–H groups in total. The smallest absolute Gasteiger partial charge is 0.748 e. The molecule has 2 rings (SSSR count). The van der Waals surface area contributed by atoms with Gasteiger partial charge in [-0.3, -0.25) is 4.79 Å². The van der Waals surface area contributed by atoms with E-state index in [1.807, 2.05) is 0 Å². The van der Waals surface area contributed by atoms with Crippen molar-refractivity contribution >= 4 is 15.9 Å². The van der Waals surface area contributed by atoms with Gasteiger partial charge in [0, 0.05) is 11.3 Å². The van der Waals surface area contributed by atoms with Crippen LogP contribution in [0.15, 0.2) is 42.5 Å². The second kappa shape index (κ2) is 9.40. The van der Waals surface area contributed by atoms with Crippen LogP contribution in [0.5, 0.6) is 5.75 Å². The fraction of sp³-hybridized carbons (Fsp3) is 0.188. The molecule has 0 aromatic heterocycles. The van der Waals surface area contributed by atoms with Crippen LogP contribution in [0.25, 0.3) is 0 Å². The molecule has 0 aliphatic carbocycles. The van der Waals surface area contributed by atoms with Gasteiger partial charge in [-0.15, -0.1) is 0 Å². The molecule has 25 heavy (non-hydrogen) atoms. The summed E-state index contributed by atoms with van der Waals surface area (Å²) in [4.78, 5) is 12.1. The third-order valence-corrected chi connectivity index (χ3v) is 3.90. The van der Waals surface area contributed by atoms with Crippen molar-refractivity contribution < 1.29 is 60.8 Å². The molecule has 0 saturated heterocycles. The van der Waals surface area contributed by atoms with Gasteiger partial charge in [-0.05, 0) is 42.8 Å². The Balaban J connectivity index is 0.00000312. The Morgan fingerprint density at radius 1 is 1.04 bits per heavy atom. The first-order valence-corrected chi connectivity index (χ1v) is 8.51. The maximum Gasteiger partial charge on any atom is 1.00 e. The molecule has 5 nitrogen and oxygen atoms in total. The van der Waals surface area contributed by atoms with Crippen molar-refractivity contribution in [2.24, 2.45) is 0 Å². The van der Waals surface area contributed by atoms with Gasteiger partial charge in [0.25, 0.3) is 0 Å². The molecule has 0 spiro atoms. The van der Waals surface area contributed by atoms with Gasteiger partial charge >= 0.3 is 29.6 Å². The number of hydrogen-bond donors (Lipinski definition) is 0. The fourth-order valence-corrected chi connectivity index (χ4v) is 2.46. The predicted octanol–water partition coefficient (Wildman–Crippen LogP) is -0.486. The van der Waals surface area contributed by atoms with Gasteiger partial charge in [-0.25, -0.2) is 17.2 Å². The van der Waals surface area contributed by atoms with Crippen molar-refractivity contribution in [3.63, 3.8) is 0 Å². The zero-order chi connectivity index (χ0) is 17.7. The van der Waals surface area contributed by atoms with Gasteiger partial charge in [-0.2, -0.15) is 0 Å². The molecule has 0 unspecified atom stereocenters. The van der Waals surface area contributed by atoms with E-state index in [0.717, 1.165) is 12.1 Å². The summed E-state index contributed by atoms with van der Waals surface area (Å²) in [6.07, 6.45) is 0.0347. The summed E-state index contributed by atoms with van der Waals surface area (Å²) in [6.45, 7) is 0.0106. The van der Waals surface area contributed by atoms with Crippen LogP contribution >= 0.6 is 0 Å². The van der Waals surface area contributed by atoms with E-state index < -0.39 is 38.9 Å². The average molecular weight is 378 g/mol. The van der Waals surface area contributed by atoms with E-state index in [1.165, 1.54) is 30.3 Å². The summed E-state index contributed by atoms with van der Waals surface area (Å²) in [7, 11) is -4.28. The quantitative estimate of drug-likeness (QED) is 0.281. The summed E-state index contributed by atoms with van der Waals surface area (Å²) in [5.74, 6) is -2.88. The first kappa shape index (κ1) is 21.7. The monoisotopic (exact) mass is 378 g/mol. The number of hydrogen-bond acceptors (Lipinski definition) is 5. The van der Waals surface area contributed by atoms with E-state index in [4.69, 9.17) is 4.74 Å². The predicted molar refractivity (Wildman–Crippen MR) is 80.9 cm³/mol. The first-order chi connectivity index (χ1) is 11.3. The van der Waals surface area contributed by atoms with Crippen molar-refractivity contribution in [1.82, 2.24) is 0 Å². The number of carbonyl (C=O) groups is 1. The van der Waals surface area contributed by atoms with Gasteiger partial charge < -0.3 is 9.29 Å². The van der Waals surface area contributed by atoms with Gasteiger partial charge in [0.05, 0.1) is 22.3 Å². The zero-order valence-electron chi connectivity index (χ0n) is 13.4. The Morgan fingerprint density at radius 3 is 2.12 bits per heavy atom. The summed E-state index contributed by atoms with van der Waals surface area (Å²) >= 11 is 0. The second-order valence-corrected chi connectivity index (χ2v) is 6.44. The molecular weight excluding hydrogens is 365 g/mol. The number of ether oxygens (including phenoxy) is 1. The van der Waals surface area contributed by atoms with Gasteiger partial charge in [0.2, 0.25) is 0 Å². The van der Waals surface area contributed by atoms with E-state index in [2.05, 4.69) is 0 Å². The molecule has 9 heteroatoms. The summed E-state index contributed by atoms with van der Waals surface area (Å²) in [6, 6.07) is 8.67. The van der Waals surface area contributed by atoms with Crippen LogP contribution in [0, 0.1) is 11.6 Å². The number of carbonyl (C=O) groups excluding carboxylic acids is 1. The molecule has 2 aromatic rings. The van der Waals surface area contributed by atoms with Crippen LogP contribution < -0.4 is 34.3 Å². The Hall–Kier alpha value is -1.32. The normalized spacial score (nSPS) is 10.8. The van der Waals surface area contributed by atoms with Crippen LogP contribution in [0.3, 0.4) is 0 Å². The van der Waals surface area contributed by atoms with Gasteiger partial charge in [0.1, 0.15) is 17.4 Å². The Labute approximate surface area is 166 Å². The van der Waals surface area contributed by atoms with E-state index in [-0.39, 0.29) is 48.1 Å². The minimum Gasteiger partial charge on any atom is -0.748 e. The zero-order valence-corrected chi connectivity index (χ0v) is 16.2. The van der Waals surface area contributed by atoms with E-state index in [0.29, 0.717) is 5.75 Å². The molecule has 0 amide bonds. The van der Waals surface area contributed by atoms with E-state index >= 15 is 0 Å². The van der Waals surface area contributed by atoms with Crippen molar-refractivity contribution in [3.8, 4) is 5.75 Å². The van der Waals surface area contributed by atoms with E-state index in [1.54, 1.807) is 0 Å². The summed E-state index contributed by atoms with van der Waals surface area (Å²) < 4.78 is 63.8. The molecule has 128 valence electrons. The molecule has 0 saturated carbocycles. The average Bonchev–Trinajstić information content (AvgIpc) is 2.51. The summed E-state index contributed by atoms with van der Waals surface area (Å²) in [5.41, 5.74) is -0.555. The molecule has 2 aromatic carbocycles. The molecule has 0 aliphatic rings. The third-order valence-electron chi connectivity index (χ3n) is 3.11. The van der Waals surface area contributed by atoms with Crippen molar-refractivity contribution in [2.75, 3.05) is 12.4 Å². The first-order valence-electron chi connectivity index (χ1n) is 6.93. The third kappa shape index (κ3) is 6.48. The second-order valence-electron chi connectivity index (χ2n) is 4.91. The topological polar surface area (TPSA) is 83.5 Å². The number of halogens is 2. The van der Waals surface area contributed by atoms with Gasteiger partial charge in [0.15, 0.2) is 5.78 Å². The molecule has 0 fully saturated rings. The Morgan fingerprint density at radius 2 is 1.60 bits per heavy atom. The van der Waals surface area contributed by atoms with Crippen molar-refractivity contribution in [1.29, 1.82) is 0 Å². The summed E-state index contributed by atoms with van der Waals surface area (Å²) in [5, 5.41) is 0. The number of benzene rings is 2.